The van der Waals surface area contributed by atoms with Gasteiger partial charge in [0.15, 0.2) is 0 Å². The molecule has 5 nitrogen and oxygen atoms in total. The highest BCUT2D eigenvalue weighted by molar-refractivity contribution is 6.30. The summed E-state index contributed by atoms with van der Waals surface area (Å²) in [5, 5.41) is 11.6. The zero-order chi connectivity index (χ0) is 14.0. The number of nitrogens with zero attached hydrogens (tertiary/aromatic N) is 1. The van der Waals surface area contributed by atoms with Crippen molar-refractivity contribution in [3.8, 4) is 0 Å². The van der Waals surface area contributed by atoms with E-state index in [2.05, 4.69) is 5.32 Å². The molecule has 2 N–H and O–H groups in total. The van der Waals surface area contributed by atoms with E-state index in [9.17, 15) is 14.0 Å². The average Bonchev–Trinajstić information content (AvgIpc) is 2.83. The third kappa shape index (κ3) is 2.96. The molecule has 0 unspecified atom stereocenters. The van der Waals surface area contributed by atoms with Crippen molar-refractivity contribution in [1.29, 1.82) is 0 Å². The van der Waals surface area contributed by atoms with Gasteiger partial charge in [-0.25, -0.2) is 14.0 Å². The Labute approximate surface area is 114 Å². The van der Waals surface area contributed by atoms with Gasteiger partial charge in [0.1, 0.15) is 11.9 Å². The second-order valence-corrected chi connectivity index (χ2v) is 4.68. The first-order valence-electron chi connectivity index (χ1n) is 5.74. The molecule has 0 saturated carbocycles. The van der Waals surface area contributed by atoms with Gasteiger partial charge in [0.25, 0.3) is 0 Å². The Bertz CT molecular complexity index is 524. The van der Waals surface area contributed by atoms with Crippen molar-refractivity contribution in [2.45, 2.75) is 18.9 Å². The number of carbonyl (C=O) groups excluding carboxylic acids is 1. The maximum atomic E-state index is 13.5. The van der Waals surface area contributed by atoms with Crippen molar-refractivity contribution in [1.82, 2.24) is 4.90 Å². The number of carbonyl (C=O) groups is 2. The van der Waals surface area contributed by atoms with Crippen molar-refractivity contribution >= 4 is 29.3 Å². The van der Waals surface area contributed by atoms with E-state index >= 15 is 0 Å². The molecule has 0 spiro atoms. The van der Waals surface area contributed by atoms with Gasteiger partial charge < -0.3 is 15.3 Å². The smallest absolute Gasteiger partial charge is 0.326 e. The van der Waals surface area contributed by atoms with E-state index in [1.54, 1.807) is 0 Å². The van der Waals surface area contributed by atoms with E-state index in [1.807, 2.05) is 0 Å². The van der Waals surface area contributed by atoms with Gasteiger partial charge in [-0.15, -0.1) is 0 Å². The first-order valence-corrected chi connectivity index (χ1v) is 6.12. The van der Waals surface area contributed by atoms with Gasteiger partial charge in [-0.05, 0) is 31.0 Å². The molecule has 7 heteroatoms. The van der Waals surface area contributed by atoms with Gasteiger partial charge >= 0.3 is 12.0 Å². The Kier molecular flexibility index (Phi) is 3.90. The minimum atomic E-state index is -1.06. The Morgan fingerprint density at radius 1 is 1.47 bits per heavy atom. The van der Waals surface area contributed by atoms with Gasteiger partial charge in [-0.1, -0.05) is 11.6 Å². The molecule has 1 aliphatic heterocycles. The second-order valence-electron chi connectivity index (χ2n) is 4.24. The highest BCUT2D eigenvalue weighted by Crippen LogP contribution is 2.22. The Hall–Kier alpha value is -1.82. The summed E-state index contributed by atoms with van der Waals surface area (Å²) in [6, 6.07) is 2.29. The molecule has 2 rings (SSSR count). The van der Waals surface area contributed by atoms with Gasteiger partial charge in [0, 0.05) is 11.6 Å². The number of carboxylic acids is 1. The van der Waals surface area contributed by atoms with Crippen LogP contribution >= 0.6 is 11.6 Å². The van der Waals surface area contributed by atoms with E-state index in [0.717, 1.165) is 6.07 Å². The number of rotatable bonds is 2. The van der Waals surface area contributed by atoms with Crippen LogP contribution in [0.5, 0.6) is 0 Å². The lowest BCUT2D eigenvalue weighted by molar-refractivity contribution is -0.141. The molecular weight excluding hydrogens is 275 g/mol. The Morgan fingerprint density at radius 2 is 2.21 bits per heavy atom. The molecule has 1 saturated heterocycles. The van der Waals surface area contributed by atoms with Crippen LogP contribution in [0.2, 0.25) is 5.02 Å². The number of carboxylic acid groups (broad SMARTS) is 1. The lowest BCUT2D eigenvalue weighted by Crippen LogP contribution is -2.42. The lowest BCUT2D eigenvalue weighted by Gasteiger charge is -2.22. The molecule has 1 aromatic carbocycles. The minimum Gasteiger partial charge on any atom is -0.480 e. The maximum absolute atomic E-state index is 13.5. The average molecular weight is 287 g/mol. The largest absolute Gasteiger partial charge is 0.480 e. The van der Waals surface area contributed by atoms with Crippen LogP contribution in [0.15, 0.2) is 18.2 Å². The van der Waals surface area contributed by atoms with Crippen molar-refractivity contribution < 1.29 is 19.1 Å². The topological polar surface area (TPSA) is 69.6 Å². The molecule has 2 amide bonds. The van der Waals surface area contributed by atoms with Crippen LogP contribution in [0.3, 0.4) is 0 Å². The number of anilines is 1. The van der Waals surface area contributed by atoms with Gasteiger partial charge in [0.05, 0.1) is 5.69 Å². The standard InChI is InChI=1S/C12H12ClFN2O3/c13-7-3-4-8(14)9(6-7)15-12(19)16-5-1-2-10(16)11(17)18/h3-4,6,10H,1-2,5H2,(H,15,19)(H,17,18)/t10-/m0/s1. The van der Waals surface area contributed by atoms with Crippen molar-refractivity contribution in [2.24, 2.45) is 0 Å². The van der Waals surface area contributed by atoms with Crippen molar-refractivity contribution in [2.75, 3.05) is 11.9 Å². The molecule has 102 valence electrons. The molecule has 1 aliphatic rings. The fraction of sp³-hybridized carbons (Fsp3) is 0.333. The SMILES string of the molecule is O=C(O)[C@@H]1CCCN1C(=O)Nc1cc(Cl)ccc1F. The number of urea groups is 1. The van der Waals surface area contributed by atoms with Gasteiger partial charge in [-0.2, -0.15) is 0 Å². The van der Waals surface area contributed by atoms with Crippen LogP contribution < -0.4 is 5.32 Å². The van der Waals surface area contributed by atoms with Gasteiger partial charge in [0.2, 0.25) is 0 Å². The molecule has 1 heterocycles. The first-order chi connectivity index (χ1) is 8.99. The second kappa shape index (κ2) is 5.44. The molecular formula is C12H12ClFN2O3. The number of likely N-dealkylation sites (tertiary alicyclic amines) is 1. The summed E-state index contributed by atoms with van der Waals surface area (Å²) in [4.78, 5) is 24.1. The fourth-order valence-electron chi connectivity index (χ4n) is 2.05. The summed E-state index contributed by atoms with van der Waals surface area (Å²) in [5.74, 6) is -1.68. The number of aliphatic carboxylic acids is 1. The summed E-state index contributed by atoms with van der Waals surface area (Å²) >= 11 is 5.71. The van der Waals surface area contributed by atoms with Gasteiger partial charge in [-0.3, -0.25) is 0 Å². The van der Waals surface area contributed by atoms with E-state index in [-0.39, 0.29) is 10.7 Å². The summed E-state index contributed by atoms with van der Waals surface area (Å²) < 4.78 is 13.5. The number of nitrogens with one attached hydrogen (secondary N) is 1. The van der Waals surface area contributed by atoms with Crippen LogP contribution in [-0.4, -0.2) is 34.6 Å². The Morgan fingerprint density at radius 3 is 2.89 bits per heavy atom. The normalized spacial score (nSPS) is 18.4. The maximum Gasteiger partial charge on any atom is 0.326 e. The molecule has 19 heavy (non-hydrogen) atoms. The number of benzene rings is 1. The first kappa shape index (κ1) is 13.6. The quantitative estimate of drug-likeness (QED) is 0.878. The number of amides is 2. The third-order valence-electron chi connectivity index (χ3n) is 2.97. The van der Waals surface area contributed by atoms with Crippen molar-refractivity contribution in [3.63, 3.8) is 0 Å². The fourth-order valence-corrected chi connectivity index (χ4v) is 2.22. The third-order valence-corrected chi connectivity index (χ3v) is 3.20. The van der Waals surface area contributed by atoms with Crippen LogP contribution in [0.1, 0.15) is 12.8 Å². The summed E-state index contributed by atoms with van der Waals surface area (Å²) in [5.41, 5.74) is -0.0615. The predicted molar refractivity (Wildman–Crippen MR) is 67.8 cm³/mol. The zero-order valence-electron chi connectivity index (χ0n) is 9.90. The lowest BCUT2D eigenvalue weighted by atomic mass is 10.2. The molecule has 1 fully saturated rings. The summed E-state index contributed by atoms with van der Waals surface area (Å²) in [6.07, 6.45) is 1.02. The molecule has 0 radical (unpaired) electrons. The number of hydrogen-bond donors (Lipinski definition) is 2. The van der Waals surface area contributed by atoms with E-state index in [1.165, 1.54) is 17.0 Å². The summed E-state index contributed by atoms with van der Waals surface area (Å²) in [6.45, 7) is 0.338. The number of halogens is 2. The highest BCUT2D eigenvalue weighted by Gasteiger charge is 2.34. The van der Waals surface area contributed by atoms with E-state index in [0.29, 0.717) is 19.4 Å². The highest BCUT2D eigenvalue weighted by atomic mass is 35.5. The van der Waals surface area contributed by atoms with Crippen molar-refractivity contribution in [3.05, 3.63) is 29.0 Å². The predicted octanol–water partition coefficient (Wildman–Crippen LogP) is 2.56. The minimum absolute atomic E-state index is 0.0615. The van der Waals surface area contributed by atoms with Crippen LogP contribution in [-0.2, 0) is 4.79 Å². The van der Waals surface area contributed by atoms with Crippen LogP contribution in [0.4, 0.5) is 14.9 Å². The van der Waals surface area contributed by atoms with E-state index < -0.39 is 23.9 Å². The molecule has 1 aromatic rings. The molecule has 0 aliphatic carbocycles. The number of hydrogen-bond acceptors (Lipinski definition) is 2. The Balaban J connectivity index is 2.12. The van der Waals surface area contributed by atoms with Crippen LogP contribution in [0, 0.1) is 5.82 Å². The monoisotopic (exact) mass is 286 g/mol. The molecule has 0 bridgehead atoms. The van der Waals surface area contributed by atoms with E-state index in [4.69, 9.17) is 16.7 Å². The molecule has 0 aromatic heterocycles. The summed E-state index contributed by atoms with van der Waals surface area (Å²) in [7, 11) is 0. The zero-order valence-corrected chi connectivity index (χ0v) is 10.7. The molecule has 1 atom stereocenters. The van der Waals surface area contributed by atoms with Crippen LogP contribution in [0.25, 0.3) is 0 Å².